The van der Waals surface area contributed by atoms with Crippen LogP contribution < -0.4 is 0 Å². The summed E-state index contributed by atoms with van der Waals surface area (Å²) >= 11 is 1.80. The number of hydrogen-bond donors (Lipinski definition) is 2. The third-order valence-electron chi connectivity index (χ3n) is 4.77. The molecule has 150 valence electrons. The molecule has 2 atom stereocenters. The Bertz CT molecular complexity index is 638. The van der Waals surface area contributed by atoms with E-state index in [0.29, 0.717) is 24.9 Å². The zero-order chi connectivity index (χ0) is 19.6. The van der Waals surface area contributed by atoms with E-state index >= 15 is 0 Å². The third-order valence-corrected chi connectivity index (χ3v) is 5.82. The second-order valence-electron chi connectivity index (χ2n) is 6.98. The highest BCUT2D eigenvalue weighted by Crippen LogP contribution is 2.21. The van der Waals surface area contributed by atoms with E-state index in [1.54, 1.807) is 36.9 Å². The van der Waals surface area contributed by atoms with Gasteiger partial charge in [-0.2, -0.15) is 11.8 Å². The number of likely N-dealkylation sites (tertiary alicyclic amines) is 1. The van der Waals surface area contributed by atoms with Crippen LogP contribution in [0.1, 0.15) is 36.8 Å². The van der Waals surface area contributed by atoms with Crippen molar-refractivity contribution in [2.24, 2.45) is 0 Å². The second kappa shape index (κ2) is 11.5. The van der Waals surface area contributed by atoms with Crippen molar-refractivity contribution in [3.63, 3.8) is 0 Å². The number of carbonyl (C=O) groups is 1. The normalized spacial score (nSPS) is 18.6. The number of aryl methyl sites for hydroxylation is 1. The maximum atomic E-state index is 13.3. The highest BCUT2D eigenvalue weighted by atomic mass is 32.2. The molecule has 0 aliphatic carbocycles. The number of halogens is 1. The van der Waals surface area contributed by atoms with Crippen LogP contribution in [0.2, 0.25) is 0 Å². The molecule has 1 saturated heterocycles. The summed E-state index contributed by atoms with van der Waals surface area (Å²) < 4.78 is 13.3. The molecular weight excluding hydrogens is 365 g/mol. The van der Waals surface area contributed by atoms with Crippen LogP contribution in [-0.2, 0) is 11.2 Å². The Labute approximate surface area is 165 Å². The minimum Gasteiger partial charge on any atom is -0.396 e. The van der Waals surface area contributed by atoms with Crippen LogP contribution in [0.15, 0.2) is 30.4 Å². The number of benzene rings is 1. The van der Waals surface area contributed by atoms with Crippen molar-refractivity contribution in [1.82, 2.24) is 4.90 Å². The standard InChI is InChI=1S/C21H30FNO3S/c1-16-14-17(4-8-20(16)22)15-19(25)7-5-18-6-9-21(26)23(18)10-13-27-12-3-2-11-24/h4-5,7-8,14,18-19,24-25H,2-3,6,9-13,15H2,1H3/t18-,19+/m0/s1. The molecule has 0 saturated carbocycles. The Morgan fingerprint density at radius 2 is 2.19 bits per heavy atom. The SMILES string of the molecule is Cc1cc(C[C@H](O)C=C[C@H]2CCC(=O)N2CCSCCCCO)ccc1F. The molecule has 1 heterocycles. The van der Waals surface area contributed by atoms with E-state index in [9.17, 15) is 14.3 Å². The van der Waals surface area contributed by atoms with Gasteiger partial charge in [0, 0.05) is 31.7 Å². The van der Waals surface area contributed by atoms with Crippen molar-refractivity contribution in [2.45, 2.75) is 51.2 Å². The Balaban J connectivity index is 1.80. The molecule has 1 amide bonds. The van der Waals surface area contributed by atoms with Gasteiger partial charge in [-0.25, -0.2) is 4.39 Å². The first-order valence-corrected chi connectivity index (χ1v) is 10.8. The lowest BCUT2D eigenvalue weighted by molar-refractivity contribution is -0.128. The first-order valence-electron chi connectivity index (χ1n) is 9.60. The topological polar surface area (TPSA) is 60.8 Å². The smallest absolute Gasteiger partial charge is 0.223 e. The minimum absolute atomic E-state index is 0.0418. The van der Waals surface area contributed by atoms with Gasteiger partial charge in [0.1, 0.15) is 5.82 Å². The van der Waals surface area contributed by atoms with Crippen molar-refractivity contribution in [3.8, 4) is 0 Å². The largest absolute Gasteiger partial charge is 0.396 e. The maximum Gasteiger partial charge on any atom is 0.223 e. The molecule has 0 radical (unpaired) electrons. The fraction of sp³-hybridized carbons (Fsp3) is 0.571. The number of thioether (sulfide) groups is 1. The van der Waals surface area contributed by atoms with E-state index < -0.39 is 6.10 Å². The van der Waals surface area contributed by atoms with Gasteiger partial charge in [-0.3, -0.25) is 4.79 Å². The number of amides is 1. The quantitative estimate of drug-likeness (QED) is 0.447. The van der Waals surface area contributed by atoms with Crippen molar-refractivity contribution < 1.29 is 19.4 Å². The molecule has 4 nitrogen and oxygen atoms in total. The van der Waals surface area contributed by atoms with Gasteiger partial charge in [0.25, 0.3) is 0 Å². The highest BCUT2D eigenvalue weighted by Gasteiger charge is 2.28. The number of unbranched alkanes of at least 4 members (excludes halogenated alkanes) is 1. The summed E-state index contributed by atoms with van der Waals surface area (Å²) in [6.07, 6.45) is 6.62. The predicted molar refractivity (Wildman–Crippen MR) is 108 cm³/mol. The summed E-state index contributed by atoms with van der Waals surface area (Å²) in [6, 6.07) is 4.92. The van der Waals surface area contributed by atoms with Crippen molar-refractivity contribution >= 4 is 17.7 Å². The molecule has 1 aliphatic rings. The van der Waals surface area contributed by atoms with Gasteiger partial charge >= 0.3 is 0 Å². The Hall–Kier alpha value is -1.37. The molecule has 6 heteroatoms. The van der Waals surface area contributed by atoms with Gasteiger partial charge in [0.2, 0.25) is 5.91 Å². The predicted octanol–water partition coefficient (Wildman–Crippen LogP) is 3.09. The number of carbonyl (C=O) groups excluding carboxylic acids is 1. The molecule has 1 aliphatic heterocycles. The van der Waals surface area contributed by atoms with Crippen molar-refractivity contribution in [1.29, 1.82) is 0 Å². The molecule has 1 fully saturated rings. The summed E-state index contributed by atoms with van der Waals surface area (Å²) in [5.41, 5.74) is 1.47. The van der Waals surface area contributed by atoms with Crippen LogP contribution in [0.5, 0.6) is 0 Å². The lowest BCUT2D eigenvalue weighted by Crippen LogP contribution is -2.34. The molecule has 1 aromatic rings. The fourth-order valence-electron chi connectivity index (χ4n) is 3.23. The summed E-state index contributed by atoms with van der Waals surface area (Å²) in [5, 5.41) is 19.0. The van der Waals surface area contributed by atoms with E-state index in [2.05, 4.69) is 0 Å². The number of hydrogen-bond acceptors (Lipinski definition) is 4. The lowest BCUT2D eigenvalue weighted by Gasteiger charge is -2.22. The van der Waals surface area contributed by atoms with Gasteiger partial charge in [-0.05, 0) is 49.1 Å². The van der Waals surface area contributed by atoms with Gasteiger partial charge in [-0.1, -0.05) is 24.3 Å². The molecule has 27 heavy (non-hydrogen) atoms. The first-order chi connectivity index (χ1) is 13.0. The zero-order valence-electron chi connectivity index (χ0n) is 15.9. The van der Waals surface area contributed by atoms with Gasteiger partial charge in [-0.15, -0.1) is 0 Å². The van der Waals surface area contributed by atoms with Gasteiger partial charge in [0.05, 0.1) is 12.1 Å². The number of nitrogens with zero attached hydrogens (tertiary/aromatic N) is 1. The van der Waals surface area contributed by atoms with Crippen LogP contribution >= 0.6 is 11.8 Å². The van der Waals surface area contributed by atoms with Crippen LogP contribution in [0.3, 0.4) is 0 Å². The van der Waals surface area contributed by atoms with Crippen LogP contribution in [0, 0.1) is 12.7 Å². The van der Waals surface area contributed by atoms with E-state index in [1.165, 1.54) is 6.07 Å². The molecule has 0 unspecified atom stereocenters. The van der Waals surface area contributed by atoms with Crippen LogP contribution in [-0.4, -0.2) is 57.8 Å². The van der Waals surface area contributed by atoms with Gasteiger partial charge < -0.3 is 15.1 Å². The number of aliphatic hydroxyl groups excluding tert-OH is 2. The van der Waals surface area contributed by atoms with Crippen LogP contribution in [0.4, 0.5) is 4.39 Å². The summed E-state index contributed by atoms with van der Waals surface area (Å²) in [4.78, 5) is 14.0. The lowest BCUT2D eigenvalue weighted by atomic mass is 10.0. The monoisotopic (exact) mass is 395 g/mol. The molecule has 0 aromatic heterocycles. The molecular formula is C21H30FNO3S. The summed E-state index contributed by atoms with van der Waals surface area (Å²) in [7, 11) is 0. The summed E-state index contributed by atoms with van der Waals surface area (Å²) in [5.74, 6) is 1.82. The highest BCUT2D eigenvalue weighted by molar-refractivity contribution is 7.99. The molecule has 2 rings (SSSR count). The molecule has 1 aromatic carbocycles. The van der Waals surface area contributed by atoms with Gasteiger partial charge in [0.15, 0.2) is 0 Å². The Kier molecular flexibility index (Phi) is 9.31. The molecule has 0 spiro atoms. The summed E-state index contributed by atoms with van der Waals surface area (Å²) in [6.45, 7) is 2.66. The van der Waals surface area contributed by atoms with Crippen LogP contribution in [0.25, 0.3) is 0 Å². The molecule has 0 bridgehead atoms. The first kappa shape index (κ1) is 21.9. The Morgan fingerprint density at radius 1 is 1.37 bits per heavy atom. The average Bonchev–Trinajstić information content (AvgIpc) is 2.99. The van der Waals surface area contributed by atoms with Crippen molar-refractivity contribution in [3.05, 3.63) is 47.3 Å². The zero-order valence-corrected chi connectivity index (χ0v) is 16.8. The second-order valence-corrected chi connectivity index (χ2v) is 8.20. The Morgan fingerprint density at radius 3 is 2.93 bits per heavy atom. The van der Waals surface area contributed by atoms with E-state index in [4.69, 9.17) is 5.11 Å². The minimum atomic E-state index is -0.653. The van der Waals surface area contributed by atoms with E-state index in [1.807, 2.05) is 11.0 Å². The number of rotatable bonds is 11. The number of aliphatic hydroxyl groups is 2. The average molecular weight is 396 g/mol. The molecule has 2 N–H and O–H groups in total. The third kappa shape index (κ3) is 7.28. The fourth-order valence-corrected chi connectivity index (χ4v) is 4.17. The van der Waals surface area contributed by atoms with E-state index in [0.717, 1.165) is 36.3 Å². The van der Waals surface area contributed by atoms with E-state index in [-0.39, 0.29) is 24.4 Å². The van der Waals surface area contributed by atoms with Crippen molar-refractivity contribution in [2.75, 3.05) is 24.7 Å². The maximum absolute atomic E-state index is 13.3.